The first kappa shape index (κ1) is 22.0. The number of amides is 2. The third-order valence-electron chi connectivity index (χ3n) is 4.98. The van der Waals surface area contributed by atoms with Gasteiger partial charge in [0.2, 0.25) is 0 Å². The summed E-state index contributed by atoms with van der Waals surface area (Å²) in [6.45, 7) is 9.08. The van der Waals surface area contributed by atoms with E-state index in [1.807, 2.05) is 6.92 Å². The first-order chi connectivity index (χ1) is 14.5. The van der Waals surface area contributed by atoms with Crippen molar-refractivity contribution < 1.29 is 18.7 Å². The number of esters is 1. The van der Waals surface area contributed by atoms with Gasteiger partial charge in [0, 0.05) is 23.7 Å². The average Bonchev–Trinajstić information content (AvgIpc) is 3.34. The van der Waals surface area contributed by atoms with Crippen LogP contribution in [0.25, 0.3) is 0 Å². The summed E-state index contributed by atoms with van der Waals surface area (Å²) in [5.74, 6) is 0.371. The van der Waals surface area contributed by atoms with Crippen molar-refractivity contribution in [3.8, 4) is 0 Å². The number of nitrogens with one attached hydrogen (secondary N) is 2. The number of carbonyl (C=O) groups is 2. The van der Waals surface area contributed by atoms with Crippen LogP contribution in [0.1, 0.15) is 49.9 Å². The minimum Gasteiger partial charge on any atom is -0.467 e. The van der Waals surface area contributed by atoms with Crippen LogP contribution in [0.15, 0.2) is 39.2 Å². The van der Waals surface area contributed by atoms with Gasteiger partial charge < -0.3 is 24.4 Å². The molecular formula is C21H28N4O4S. The van der Waals surface area contributed by atoms with E-state index in [1.165, 1.54) is 18.0 Å². The van der Waals surface area contributed by atoms with Gasteiger partial charge in [-0.15, -0.1) is 0 Å². The molecule has 162 valence electrons. The van der Waals surface area contributed by atoms with Gasteiger partial charge in [0.05, 0.1) is 24.1 Å². The summed E-state index contributed by atoms with van der Waals surface area (Å²) in [7, 11) is 0. The number of hydrogen-bond acceptors (Lipinski definition) is 6. The van der Waals surface area contributed by atoms with E-state index in [0.717, 1.165) is 35.9 Å². The molecule has 0 unspecified atom stereocenters. The van der Waals surface area contributed by atoms with Crippen LogP contribution in [-0.4, -0.2) is 33.9 Å². The van der Waals surface area contributed by atoms with Gasteiger partial charge in [0.15, 0.2) is 5.16 Å². The van der Waals surface area contributed by atoms with Gasteiger partial charge in [-0.25, -0.2) is 14.6 Å². The monoisotopic (exact) mass is 432 g/mol. The number of unbranched alkanes of at least 4 members (excludes halogenated alkanes) is 1. The van der Waals surface area contributed by atoms with E-state index in [0.29, 0.717) is 22.8 Å². The standard InChI is InChI=1S/C21H28N4O4S/c1-5-7-10-25-14(4)13(3)22-21(25)30-12-15-17(19(26)28-6-2)18(24-20(27)23-15)16-9-8-11-29-16/h8-9,11,18H,5-7,10,12H2,1-4H3,(H2,23,24,27)/t18-/m1/s1. The van der Waals surface area contributed by atoms with Crippen LogP contribution < -0.4 is 10.6 Å². The van der Waals surface area contributed by atoms with Crippen molar-refractivity contribution in [2.45, 2.75) is 58.3 Å². The fourth-order valence-electron chi connectivity index (χ4n) is 3.30. The Bertz CT molecular complexity index is 933. The Hall–Kier alpha value is -2.68. The van der Waals surface area contributed by atoms with E-state index in [4.69, 9.17) is 9.15 Å². The van der Waals surface area contributed by atoms with Crippen molar-refractivity contribution in [3.63, 3.8) is 0 Å². The summed E-state index contributed by atoms with van der Waals surface area (Å²) < 4.78 is 12.9. The predicted octanol–water partition coefficient (Wildman–Crippen LogP) is 3.86. The first-order valence-corrected chi connectivity index (χ1v) is 11.1. The lowest BCUT2D eigenvalue weighted by Crippen LogP contribution is -2.46. The van der Waals surface area contributed by atoms with Gasteiger partial charge in [0.1, 0.15) is 11.8 Å². The molecule has 2 amide bonds. The number of hydrogen-bond donors (Lipinski definition) is 2. The maximum Gasteiger partial charge on any atom is 0.338 e. The molecule has 30 heavy (non-hydrogen) atoms. The second-order valence-corrected chi connectivity index (χ2v) is 7.96. The molecular weight excluding hydrogens is 404 g/mol. The van der Waals surface area contributed by atoms with Crippen molar-refractivity contribution in [1.82, 2.24) is 20.2 Å². The number of carbonyl (C=O) groups excluding carboxylic acids is 2. The number of aromatic nitrogens is 2. The molecule has 0 aliphatic carbocycles. The zero-order chi connectivity index (χ0) is 21.7. The van der Waals surface area contributed by atoms with Crippen LogP contribution in [0.5, 0.6) is 0 Å². The maximum absolute atomic E-state index is 12.8. The Balaban J connectivity index is 1.92. The molecule has 1 atom stereocenters. The molecule has 9 heteroatoms. The molecule has 2 N–H and O–H groups in total. The highest BCUT2D eigenvalue weighted by Gasteiger charge is 2.35. The topological polar surface area (TPSA) is 98.4 Å². The summed E-state index contributed by atoms with van der Waals surface area (Å²) in [5, 5.41) is 6.41. The lowest BCUT2D eigenvalue weighted by molar-refractivity contribution is -0.139. The quantitative estimate of drug-likeness (QED) is 0.461. The van der Waals surface area contributed by atoms with Crippen molar-refractivity contribution in [2.24, 2.45) is 0 Å². The highest BCUT2D eigenvalue weighted by molar-refractivity contribution is 7.99. The lowest BCUT2D eigenvalue weighted by atomic mass is 10.0. The van der Waals surface area contributed by atoms with Gasteiger partial charge in [-0.1, -0.05) is 25.1 Å². The highest BCUT2D eigenvalue weighted by atomic mass is 32.2. The maximum atomic E-state index is 12.8. The Kier molecular flexibility index (Phi) is 7.25. The zero-order valence-electron chi connectivity index (χ0n) is 17.8. The molecule has 0 radical (unpaired) electrons. The number of ether oxygens (including phenoxy) is 1. The third-order valence-corrected chi connectivity index (χ3v) is 5.98. The van der Waals surface area contributed by atoms with Gasteiger partial charge in [-0.05, 0) is 39.3 Å². The largest absolute Gasteiger partial charge is 0.467 e. The summed E-state index contributed by atoms with van der Waals surface area (Å²) >= 11 is 1.49. The van der Waals surface area contributed by atoms with Crippen LogP contribution in [0.4, 0.5) is 4.79 Å². The van der Waals surface area contributed by atoms with Crippen LogP contribution >= 0.6 is 11.8 Å². The molecule has 1 aliphatic heterocycles. The van der Waals surface area contributed by atoms with Crippen molar-refractivity contribution in [2.75, 3.05) is 12.4 Å². The molecule has 2 aromatic rings. The molecule has 0 fully saturated rings. The molecule has 0 saturated heterocycles. The second-order valence-electron chi connectivity index (χ2n) is 7.02. The Morgan fingerprint density at radius 2 is 2.17 bits per heavy atom. The number of rotatable bonds is 9. The summed E-state index contributed by atoms with van der Waals surface area (Å²) in [5.41, 5.74) is 2.97. The van der Waals surface area contributed by atoms with Gasteiger partial charge in [-0.3, -0.25) is 0 Å². The molecule has 0 spiro atoms. The molecule has 2 aromatic heterocycles. The minimum atomic E-state index is -0.702. The van der Waals surface area contributed by atoms with E-state index >= 15 is 0 Å². The van der Waals surface area contributed by atoms with Crippen LogP contribution in [-0.2, 0) is 16.1 Å². The number of urea groups is 1. The Labute approximate surface area is 180 Å². The van der Waals surface area contributed by atoms with E-state index < -0.39 is 12.0 Å². The lowest BCUT2D eigenvalue weighted by Gasteiger charge is -2.27. The summed E-state index contributed by atoms with van der Waals surface area (Å²) in [6.07, 6.45) is 3.66. The predicted molar refractivity (Wildman–Crippen MR) is 114 cm³/mol. The van der Waals surface area contributed by atoms with E-state index in [1.54, 1.807) is 19.1 Å². The summed E-state index contributed by atoms with van der Waals surface area (Å²) in [6, 6.07) is 2.36. The fourth-order valence-corrected chi connectivity index (χ4v) is 4.39. The number of imidazole rings is 1. The molecule has 3 rings (SSSR count). The van der Waals surface area contributed by atoms with E-state index in [-0.39, 0.29) is 12.6 Å². The van der Waals surface area contributed by atoms with Crippen LogP contribution in [0, 0.1) is 13.8 Å². The molecule has 3 heterocycles. The van der Waals surface area contributed by atoms with Gasteiger partial charge in [-0.2, -0.15) is 0 Å². The highest BCUT2D eigenvalue weighted by Crippen LogP contribution is 2.31. The SMILES string of the molecule is CCCCn1c(SCC2=C(C(=O)OCC)[C@@H](c3ccco3)NC(=O)N2)nc(C)c1C. The number of furan rings is 1. The molecule has 0 saturated carbocycles. The number of nitrogens with zero attached hydrogens (tertiary/aromatic N) is 2. The van der Waals surface area contributed by atoms with E-state index in [9.17, 15) is 9.59 Å². The Morgan fingerprint density at radius 1 is 1.37 bits per heavy atom. The van der Waals surface area contributed by atoms with E-state index in [2.05, 4.69) is 34.0 Å². The molecule has 0 bridgehead atoms. The Morgan fingerprint density at radius 3 is 2.83 bits per heavy atom. The summed E-state index contributed by atoms with van der Waals surface area (Å²) in [4.78, 5) is 29.7. The molecule has 8 nitrogen and oxygen atoms in total. The zero-order valence-corrected chi connectivity index (χ0v) is 18.6. The third kappa shape index (κ3) is 4.72. The number of thioether (sulfide) groups is 1. The number of aryl methyl sites for hydroxylation is 1. The van der Waals surface area contributed by atoms with Crippen molar-refractivity contribution in [1.29, 1.82) is 0 Å². The van der Waals surface area contributed by atoms with Crippen molar-refractivity contribution in [3.05, 3.63) is 46.8 Å². The van der Waals surface area contributed by atoms with Gasteiger partial charge in [0.25, 0.3) is 0 Å². The van der Waals surface area contributed by atoms with Crippen LogP contribution in [0.2, 0.25) is 0 Å². The normalized spacial score (nSPS) is 16.4. The minimum absolute atomic E-state index is 0.237. The second kappa shape index (κ2) is 9.88. The average molecular weight is 433 g/mol. The fraction of sp³-hybridized carbons (Fsp3) is 0.476. The molecule has 0 aromatic carbocycles. The van der Waals surface area contributed by atoms with Crippen LogP contribution in [0.3, 0.4) is 0 Å². The van der Waals surface area contributed by atoms with Crippen molar-refractivity contribution >= 4 is 23.8 Å². The van der Waals surface area contributed by atoms with Gasteiger partial charge >= 0.3 is 12.0 Å². The smallest absolute Gasteiger partial charge is 0.338 e. The first-order valence-electron chi connectivity index (χ1n) is 10.1. The molecule has 1 aliphatic rings.